The monoisotopic (exact) mass is 269 g/mol. The minimum atomic E-state index is -0.741. The molecule has 1 aliphatic rings. The first-order valence-corrected chi connectivity index (χ1v) is 6.29. The fourth-order valence-corrected chi connectivity index (χ4v) is 2.55. The van der Waals surface area contributed by atoms with E-state index >= 15 is 0 Å². The van der Waals surface area contributed by atoms with E-state index in [9.17, 15) is 9.90 Å². The van der Waals surface area contributed by atoms with Gasteiger partial charge in [-0.2, -0.15) is 0 Å². The van der Waals surface area contributed by atoms with Crippen LogP contribution in [-0.2, 0) is 4.79 Å². The van der Waals surface area contributed by atoms with Crippen LogP contribution in [0.25, 0.3) is 0 Å². The van der Waals surface area contributed by atoms with Gasteiger partial charge < -0.3 is 10.0 Å². The molecule has 0 radical (unpaired) electrons. The number of aliphatic carboxylic acids is 1. The van der Waals surface area contributed by atoms with E-state index in [1.807, 2.05) is 18.7 Å². The number of hydrogen-bond donors (Lipinski definition) is 1. The average molecular weight is 270 g/mol. The lowest BCUT2D eigenvalue weighted by Gasteiger charge is -2.28. The second-order valence-electron chi connectivity index (χ2n) is 4.99. The summed E-state index contributed by atoms with van der Waals surface area (Å²) in [5, 5.41) is 9.79. The summed E-state index contributed by atoms with van der Waals surface area (Å²) in [5.41, 5.74) is -0.704. The highest BCUT2D eigenvalue weighted by atomic mass is 35.5. The number of carboxylic acids is 1. The molecule has 2 heterocycles. The Morgan fingerprint density at radius 1 is 1.56 bits per heavy atom. The van der Waals surface area contributed by atoms with Crippen LogP contribution in [0.3, 0.4) is 0 Å². The minimum absolute atomic E-state index is 0.0761. The summed E-state index contributed by atoms with van der Waals surface area (Å²) in [6, 6.07) is 0. The van der Waals surface area contributed by atoms with Crippen LogP contribution in [0.4, 0.5) is 5.82 Å². The summed E-state index contributed by atoms with van der Waals surface area (Å²) in [7, 11) is 0. The minimum Gasteiger partial charge on any atom is -0.481 e. The first kappa shape index (κ1) is 13.1. The lowest BCUT2D eigenvalue weighted by atomic mass is 9.76. The standard InChI is InChI=1S/C12H16ClN3O2/c1-8(2)12(11(17)18)3-4-16(7-12)10-6-14-5-9(13)15-10/h5-6,8H,3-4,7H2,1-2H3,(H,17,18). The van der Waals surface area contributed by atoms with Crippen LogP contribution < -0.4 is 4.90 Å². The lowest BCUT2D eigenvalue weighted by molar-refractivity contribution is -0.150. The molecule has 1 atom stereocenters. The summed E-state index contributed by atoms with van der Waals surface area (Å²) in [5.74, 6) is -0.0200. The molecule has 0 bridgehead atoms. The van der Waals surface area contributed by atoms with Crippen molar-refractivity contribution in [2.45, 2.75) is 20.3 Å². The normalized spacial score (nSPS) is 23.7. The predicted molar refractivity (Wildman–Crippen MR) is 68.8 cm³/mol. The molecular formula is C12H16ClN3O2. The van der Waals surface area contributed by atoms with E-state index in [-0.39, 0.29) is 5.92 Å². The number of nitrogens with zero attached hydrogens (tertiary/aromatic N) is 3. The molecule has 1 saturated heterocycles. The van der Waals surface area contributed by atoms with E-state index in [0.29, 0.717) is 30.5 Å². The van der Waals surface area contributed by atoms with E-state index < -0.39 is 11.4 Å². The quantitative estimate of drug-likeness (QED) is 0.910. The Kier molecular flexibility index (Phi) is 3.43. The van der Waals surface area contributed by atoms with Crippen LogP contribution in [0.1, 0.15) is 20.3 Å². The zero-order valence-electron chi connectivity index (χ0n) is 10.4. The third-order valence-electron chi connectivity index (χ3n) is 3.75. The highest BCUT2D eigenvalue weighted by molar-refractivity contribution is 6.29. The van der Waals surface area contributed by atoms with Crippen LogP contribution in [0, 0.1) is 11.3 Å². The van der Waals surface area contributed by atoms with Crippen molar-refractivity contribution in [3.8, 4) is 0 Å². The molecule has 1 N–H and O–H groups in total. The maximum atomic E-state index is 11.5. The van der Waals surface area contributed by atoms with Gasteiger partial charge in [0.05, 0.1) is 17.8 Å². The van der Waals surface area contributed by atoms with Gasteiger partial charge in [-0.1, -0.05) is 25.4 Å². The molecule has 1 aromatic heterocycles. The van der Waals surface area contributed by atoms with Crippen LogP contribution in [-0.4, -0.2) is 34.1 Å². The van der Waals surface area contributed by atoms with E-state index in [4.69, 9.17) is 11.6 Å². The third-order valence-corrected chi connectivity index (χ3v) is 3.93. The molecule has 0 aliphatic carbocycles. The van der Waals surface area contributed by atoms with Crippen molar-refractivity contribution in [2.75, 3.05) is 18.0 Å². The number of carboxylic acid groups (broad SMARTS) is 1. The van der Waals surface area contributed by atoms with Gasteiger partial charge in [-0.25, -0.2) is 4.98 Å². The fourth-order valence-electron chi connectivity index (χ4n) is 2.41. The lowest BCUT2D eigenvalue weighted by Crippen LogP contribution is -2.39. The Morgan fingerprint density at radius 2 is 2.28 bits per heavy atom. The van der Waals surface area contributed by atoms with Crippen molar-refractivity contribution < 1.29 is 9.90 Å². The van der Waals surface area contributed by atoms with Gasteiger partial charge in [0.15, 0.2) is 0 Å². The summed E-state index contributed by atoms with van der Waals surface area (Å²) < 4.78 is 0. The van der Waals surface area contributed by atoms with Crippen molar-refractivity contribution in [3.63, 3.8) is 0 Å². The number of rotatable bonds is 3. The summed E-state index contributed by atoms with van der Waals surface area (Å²) in [4.78, 5) is 21.6. The van der Waals surface area contributed by atoms with Crippen molar-refractivity contribution in [1.82, 2.24) is 9.97 Å². The van der Waals surface area contributed by atoms with Crippen molar-refractivity contribution in [3.05, 3.63) is 17.5 Å². The summed E-state index contributed by atoms with van der Waals surface area (Å²) >= 11 is 5.80. The number of anilines is 1. The van der Waals surface area contributed by atoms with Gasteiger partial charge in [0.25, 0.3) is 0 Å². The van der Waals surface area contributed by atoms with Gasteiger partial charge in [-0.3, -0.25) is 9.78 Å². The molecule has 6 heteroatoms. The maximum absolute atomic E-state index is 11.5. The molecule has 1 aromatic rings. The van der Waals surface area contributed by atoms with Gasteiger partial charge in [-0.15, -0.1) is 0 Å². The zero-order chi connectivity index (χ0) is 13.3. The smallest absolute Gasteiger partial charge is 0.311 e. The molecule has 1 fully saturated rings. The Balaban J connectivity index is 2.24. The van der Waals surface area contributed by atoms with Crippen LogP contribution in [0.15, 0.2) is 12.4 Å². The molecular weight excluding hydrogens is 254 g/mol. The molecule has 1 unspecified atom stereocenters. The summed E-state index contributed by atoms with van der Waals surface area (Å²) in [6.45, 7) is 5.01. The molecule has 0 aromatic carbocycles. The molecule has 5 nitrogen and oxygen atoms in total. The van der Waals surface area contributed by atoms with Crippen LogP contribution >= 0.6 is 11.6 Å². The highest BCUT2D eigenvalue weighted by Crippen LogP contribution is 2.39. The molecule has 1 aliphatic heterocycles. The molecule has 2 rings (SSSR count). The van der Waals surface area contributed by atoms with Crippen LogP contribution in [0.2, 0.25) is 5.15 Å². The Labute approximate surface area is 111 Å². The van der Waals surface area contributed by atoms with Crippen LogP contribution in [0.5, 0.6) is 0 Å². The van der Waals surface area contributed by atoms with Gasteiger partial charge in [0.1, 0.15) is 11.0 Å². The van der Waals surface area contributed by atoms with Crippen molar-refractivity contribution in [1.29, 1.82) is 0 Å². The Hall–Kier alpha value is -1.36. The summed E-state index contributed by atoms with van der Waals surface area (Å²) in [6.07, 6.45) is 3.70. The second kappa shape index (κ2) is 4.72. The highest BCUT2D eigenvalue weighted by Gasteiger charge is 2.47. The molecule has 98 valence electrons. The zero-order valence-corrected chi connectivity index (χ0v) is 11.2. The van der Waals surface area contributed by atoms with Crippen molar-refractivity contribution in [2.24, 2.45) is 11.3 Å². The number of hydrogen-bond acceptors (Lipinski definition) is 4. The van der Waals surface area contributed by atoms with Gasteiger partial charge in [0, 0.05) is 13.1 Å². The Morgan fingerprint density at radius 3 is 2.78 bits per heavy atom. The average Bonchev–Trinajstić information content (AvgIpc) is 2.75. The predicted octanol–water partition coefficient (Wildman–Crippen LogP) is 2.07. The first-order valence-electron chi connectivity index (χ1n) is 5.91. The van der Waals surface area contributed by atoms with Gasteiger partial charge in [-0.05, 0) is 12.3 Å². The number of aromatic nitrogens is 2. The largest absolute Gasteiger partial charge is 0.481 e. The SMILES string of the molecule is CC(C)C1(C(=O)O)CCN(c2cncc(Cl)n2)C1. The second-order valence-corrected chi connectivity index (χ2v) is 5.37. The fraction of sp³-hybridized carbons (Fsp3) is 0.583. The molecule has 18 heavy (non-hydrogen) atoms. The number of halogens is 1. The van der Waals surface area contributed by atoms with E-state index in [2.05, 4.69) is 9.97 Å². The maximum Gasteiger partial charge on any atom is 0.311 e. The van der Waals surface area contributed by atoms with E-state index in [1.54, 1.807) is 6.20 Å². The molecule has 0 saturated carbocycles. The molecule has 0 amide bonds. The number of carbonyl (C=O) groups is 1. The third kappa shape index (κ3) is 2.14. The van der Waals surface area contributed by atoms with Gasteiger partial charge >= 0.3 is 5.97 Å². The first-order chi connectivity index (χ1) is 8.45. The van der Waals surface area contributed by atoms with E-state index in [0.717, 1.165) is 0 Å². The van der Waals surface area contributed by atoms with Gasteiger partial charge in [0.2, 0.25) is 0 Å². The Bertz CT molecular complexity index is 466. The molecule has 0 spiro atoms. The topological polar surface area (TPSA) is 66.3 Å². The van der Waals surface area contributed by atoms with Crippen molar-refractivity contribution >= 4 is 23.4 Å². The van der Waals surface area contributed by atoms with E-state index in [1.165, 1.54) is 6.20 Å².